The van der Waals surface area contributed by atoms with Gasteiger partial charge in [0.1, 0.15) is 12.6 Å². The Morgan fingerprint density at radius 1 is 1.11 bits per heavy atom. The SMILES string of the molecule is CC(N=O)c1cccc(NC(=O)NCC(=O)N(CC(=O)N2CCCC(C)(C)C2)c2ccccc2)c1. The molecule has 4 amide bonds. The number of anilines is 2. The number of nitrogens with one attached hydrogen (secondary N) is 2. The number of likely N-dealkylation sites (tertiary alicyclic amines) is 1. The van der Waals surface area contributed by atoms with Gasteiger partial charge in [0.05, 0.1) is 6.54 Å². The Morgan fingerprint density at radius 3 is 2.54 bits per heavy atom. The number of benzene rings is 2. The predicted molar refractivity (Wildman–Crippen MR) is 136 cm³/mol. The molecule has 186 valence electrons. The van der Waals surface area contributed by atoms with Crippen molar-refractivity contribution >= 4 is 29.2 Å². The summed E-state index contributed by atoms with van der Waals surface area (Å²) in [6.45, 7) is 6.89. The summed E-state index contributed by atoms with van der Waals surface area (Å²) in [6.07, 6.45) is 1.99. The minimum atomic E-state index is -0.570. The summed E-state index contributed by atoms with van der Waals surface area (Å²) >= 11 is 0. The van der Waals surface area contributed by atoms with Gasteiger partial charge in [0.15, 0.2) is 0 Å². The Balaban J connectivity index is 1.63. The van der Waals surface area contributed by atoms with Crippen LogP contribution in [0.4, 0.5) is 16.2 Å². The zero-order chi connectivity index (χ0) is 25.4. The van der Waals surface area contributed by atoms with Crippen molar-refractivity contribution in [3.05, 3.63) is 65.1 Å². The molecule has 2 aromatic rings. The maximum Gasteiger partial charge on any atom is 0.319 e. The van der Waals surface area contributed by atoms with Crippen molar-refractivity contribution in [3.63, 3.8) is 0 Å². The highest BCUT2D eigenvalue weighted by atomic mass is 16.3. The normalized spacial score (nSPS) is 15.6. The van der Waals surface area contributed by atoms with Crippen molar-refractivity contribution in [1.82, 2.24) is 10.2 Å². The zero-order valence-electron chi connectivity index (χ0n) is 20.5. The number of carbonyl (C=O) groups is 3. The van der Waals surface area contributed by atoms with E-state index in [-0.39, 0.29) is 24.4 Å². The summed E-state index contributed by atoms with van der Waals surface area (Å²) in [5.74, 6) is -0.516. The average molecular weight is 480 g/mol. The van der Waals surface area contributed by atoms with E-state index >= 15 is 0 Å². The number of nitrogens with zero attached hydrogens (tertiary/aromatic N) is 3. The van der Waals surface area contributed by atoms with Crippen molar-refractivity contribution < 1.29 is 14.4 Å². The molecule has 2 N–H and O–H groups in total. The van der Waals surface area contributed by atoms with Gasteiger partial charge in [0, 0.05) is 24.5 Å². The lowest BCUT2D eigenvalue weighted by Crippen LogP contribution is -2.50. The molecule has 0 bridgehead atoms. The summed E-state index contributed by atoms with van der Waals surface area (Å²) < 4.78 is 0. The molecular formula is C26H33N5O4. The summed E-state index contributed by atoms with van der Waals surface area (Å²) in [5.41, 5.74) is 1.79. The standard InChI is InChI=1S/C26H33N5O4/c1-19(29-35)20-9-7-10-21(15-20)28-25(34)27-16-23(32)31(22-11-5-4-6-12-22)17-24(33)30-14-8-13-26(2,3)18-30/h4-7,9-12,15,19H,8,13-14,16-18H2,1-3H3,(H2,27,28,34). The van der Waals surface area contributed by atoms with Crippen LogP contribution in [-0.2, 0) is 9.59 Å². The molecule has 1 unspecified atom stereocenters. The fourth-order valence-electron chi connectivity index (χ4n) is 4.17. The van der Waals surface area contributed by atoms with Crippen LogP contribution < -0.4 is 15.5 Å². The predicted octanol–water partition coefficient (Wildman–Crippen LogP) is 4.32. The minimum absolute atomic E-state index is 0.0476. The molecule has 35 heavy (non-hydrogen) atoms. The Kier molecular flexibility index (Phi) is 8.57. The van der Waals surface area contributed by atoms with E-state index in [0.717, 1.165) is 12.8 Å². The van der Waals surface area contributed by atoms with Gasteiger partial charge in [0.25, 0.3) is 0 Å². The molecule has 1 fully saturated rings. The third-order valence-electron chi connectivity index (χ3n) is 6.10. The molecule has 9 nitrogen and oxygen atoms in total. The molecule has 0 aromatic heterocycles. The number of carbonyl (C=O) groups excluding carboxylic acids is 3. The Labute approximate surface area is 205 Å². The number of hydrogen-bond acceptors (Lipinski definition) is 5. The quantitative estimate of drug-likeness (QED) is 0.549. The van der Waals surface area contributed by atoms with E-state index in [9.17, 15) is 19.3 Å². The van der Waals surface area contributed by atoms with Gasteiger partial charge < -0.3 is 20.4 Å². The van der Waals surface area contributed by atoms with Crippen LogP contribution in [0.15, 0.2) is 59.8 Å². The van der Waals surface area contributed by atoms with Gasteiger partial charge in [-0.1, -0.05) is 49.4 Å². The van der Waals surface area contributed by atoms with Crippen LogP contribution in [0.2, 0.25) is 0 Å². The van der Waals surface area contributed by atoms with E-state index in [2.05, 4.69) is 29.7 Å². The number of piperidine rings is 1. The van der Waals surface area contributed by atoms with Gasteiger partial charge in [-0.15, -0.1) is 0 Å². The first-order chi connectivity index (χ1) is 16.7. The van der Waals surface area contributed by atoms with E-state index in [4.69, 9.17) is 0 Å². The molecule has 1 heterocycles. The van der Waals surface area contributed by atoms with E-state index in [0.29, 0.717) is 30.0 Å². The fraction of sp³-hybridized carbons (Fsp3) is 0.423. The highest BCUT2D eigenvalue weighted by Gasteiger charge is 2.31. The second-order valence-corrected chi connectivity index (χ2v) is 9.61. The lowest BCUT2D eigenvalue weighted by molar-refractivity contribution is -0.134. The molecule has 9 heteroatoms. The van der Waals surface area contributed by atoms with Crippen LogP contribution in [0.3, 0.4) is 0 Å². The highest BCUT2D eigenvalue weighted by Crippen LogP contribution is 2.28. The summed E-state index contributed by atoms with van der Waals surface area (Å²) in [6, 6.07) is 14.6. The van der Waals surface area contributed by atoms with Crippen molar-refractivity contribution in [3.8, 4) is 0 Å². The third kappa shape index (κ3) is 7.37. The highest BCUT2D eigenvalue weighted by molar-refractivity contribution is 6.01. The first-order valence-corrected chi connectivity index (χ1v) is 11.8. The van der Waals surface area contributed by atoms with Gasteiger partial charge in [-0.3, -0.25) is 9.59 Å². The van der Waals surface area contributed by atoms with Crippen LogP contribution in [0, 0.1) is 10.3 Å². The largest absolute Gasteiger partial charge is 0.341 e. The summed E-state index contributed by atoms with van der Waals surface area (Å²) in [7, 11) is 0. The van der Waals surface area contributed by atoms with E-state index in [1.165, 1.54) is 4.90 Å². The fourth-order valence-corrected chi connectivity index (χ4v) is 4.17. The summed E-state index contributed by atoms with van der Waals surface area (Å²) in [4.78, 5) is 52.6. The lowest BCUT2D eigenvalue weighted by Gasteiger charge is -2.39. The third-order valence-corrected chi connectivity index (χ3v) is 6.10. The van der Waals surface area contributed by atoms with Gasteiger partial charge in [-0.25, -0.2) is 4.79 Å². The molecule has 3 rings (SSSR count). The first-order valence-electron chi connectivity index (χ1n) is 11.8. The van der Waals surface area contributed by atoms with Crippen LogP contribution in [0.5, 0.6) is 0 Å². The van der Waals surface area contributed by atoms with E-state index in [1.54, 1.807) is 55.5 Å². The molecular weight excluding hydrogens is 446 g/mol. The Hall–Kier alpha value is -3.75. The van der Waals surface area contributed by atoms with E-state index in [1.807, 2.05) is 11.0 Å². The van der Waals surface area contributed by atoms with Gasteiger partial charge >= 0.3 is 6.03 Å². The number of nitroso groups, excluding NO2 is 1. The first kappa shape index (κ1) is 25.9. The van der Waals surface area contributed by atoms with Crippen LogP contribution in [0.1, 0.15) is 45.2 Å². The number of urea groups is 1. The maximum absolute atomic E-state index is 13.1. The molecule has 1 saturated heterocycles. The monoisotopic (exact) mass is 479 g/mol. The molecule has 0 aliphatic carbocycles. The molecule has 0 radical (unpaired) electrons. The molecule has 0 saturated carbocycles. The van der Waals surface area contributed by atoms with E-state index < -0.39 is 18.0 Å². The second-order valence-electron chi connectivity index (χ2n) is 9.61. The van der Waals surface area contributed by atoms with Crippen molar-refractivity contribution in [2.24, 2.45) is 10.6 Å². The molecule has 1 aliphatic rings. The van der Waals surface area contributed by atoms with Gasteiger partial charge in [0.2, 0.25) is 11.8 Å². The van der Waals surface area contributed by atoms with Gasteiger partial charge in [-0.2, -0.15) is 4.91 Å². The number of hydrogen-bond donors (Lipinski definition) is 2. The molecule has 1 atom stereocenters. The van der Waals surface area contributed by atoms with Crippen LogP contribution >= 0.6 is 0 Å². The Morgan fingerprint density at radius 2 is 1.86 bits per heavy atom. The number of rotatable bonds is 8. The van der Waals surface area contributed by atoms with Crippen molar-refractivity contribution in [2.75, 3.05) is 36.4 Å². The molecule has 2 aromatic carbocycles. The number of amides is 4. The zero-order valence-corrected chi connectivity index (χ0v) is 20.5. The smallest absolute Gasteiger partial charge is 0.319 e. The molecule has 1 aliphatic heterocycles. The second kappa shape index (κ2) is 11.6. The molecule has 0 spiro atoms. The average Bonchev–Trinajstić information content (AvgIpc) is 2.85. The van der Waals surface area contributed by atoms with Crippen molar-refractivity contribution in [1.29, 1.82) is 0 Å². The summed E-state index contributed by atoms with van der Waals surface area (Å²) in [5, 5.41) is 8.21. The number of para-hydroxylation sites is 1. The maximum atomic E-state index is 13.1. The van der Waals surface area contributed by atoms with Crippen LogP contribution in [-0.4, -0.2) is 48.9 Å². The topological polar surface area (TPSA) is 111 Å². The van der Waals surface area contributed by atoms with Gasteiger partial charge in [-0.05, 0) is 55.0 Å². The van der Waals surface area contributed by atoms with Crippen LogP contribution in [0.25, 0.3) is 0 Å². The van der Waals surface area contributed by atoms with Crippen molar-refractivity contribution in [2.45, 2.75) is 39.7 Å². The lowest BCUT2D eigenvalue weighted by atomic mass is 9.84. The Bertz CT molecular complexity index is 1060. The minimum Gasteiger partial charge on any atom is -0.341 e.